The van der Waals surface area contributed by atoms with Crippen LogP contribution in [0.4, 0.5) is 0 Å². The number of methoxy groups -OCH3 is 1. The van der Waals surface area contributed by atoms with Crippen molar-refractivity contribution in [2.45, 2.75) is 51.1 Å². The van der Waals surface area contributed by atoms with Crippen LogP contribution in [0.3, 0.4) is 0 Å². The number of rotatable bonds is 6. The molecule has 0 spiro atoms. The van der Waals surface area contributed by atoms with E-state index in [-0.39, 0.29) is 17.2 Å². The minimum Gasteiger partial charge on any atom is -0.465 e. The van der Waals surface area contributed by atoms with Gasteiger partial charge in [0.2, 0.25) is 0 Å². The lowest BCUT2D eigenvalue weighted by molar-refractivity contribution is -0.135. The zero-order valence-electron chi connectivity index (χ0n) is 13.6. The first-order valence-corrected chi connectivity index (χ1v) is 10.7. The maximum atomic E-state index is 11.2. The lowest BCUT2D eigenvalue weighted by Crippen LogP contribution is -2.40. The van der Waals surface area contributed by atoms with E-state index in [9.17, 15) is 4.79 Å². The molecule has 120 valence electrons. The van der Waals surface area contributed by atoms with Crippen molar-refractivity contribution in [3.05, 3.63) is 22.7 Å². The molecular formula is C15H25BrO4Si. The number of halogens is 1. The molecule has 0 bridgehead atoms. The number of hydrogen-bond acceptors (Lipinski definition) is 4. The number of esters is 1. The molecular weight excluding hydrogens is 352 g/mol. The van der Waals surface area contributed by atoms with Crippen LogP contribution < -0.4 is 0 Å². The van der Waals surface area contributed by atoms with Gasteiger partial charge < -0.3 is 13.9 Å². The fourth-order valence-corrected chi connectivity index (χ4v) is 2.77. The van der Waals surface area contributed by atoms with Gasteiger partial charge in [-0.05, 0) is 40.1 Å². The molecule has 1 rings (SSSR count). The van der Waals surface area contributed by atoms with Gasteiger partial charge in [0.1, 0.15) is 16.7 Å². The highest BCUT2D eigenvalue weighted by Gasteiger charge is 2.37. The highest BCUT2D eigenvalue weighted by Crippen LogP contribution is 2.36. The van der Waals surface area contributed by atoms with Gasteiger partial charge >= 0.3 is 5.97 Å². The van der Waals surface area contributed by atoms with Gasteiger partial charge in [-0.15, -0.1) is 0 Å². The quantitative estimate of drug-likeness (QED) is 0.232. The van der Waals surface area contributed by atoms with Gasteiger partial charge in [-0.25, -0.2) is 4.79 Å². The lowest BCUT2D eigenvalue weighted by atomic mass is 10.2. The van der Waals surface area contributed by atoms with Crippen LogP contribution in [0.2, 0.25) is 18.1 Å². The minimum absolute atomic E-state index is 0.0187. The molecule has 0 aromatic heterocycles. The number of ether oxygens (including phenoxy) is 2. The van der Waals surface area contributed by atoms with Gasteiger partial charge in [-0.1, -0.05) is 32.9 Å². The van der Waals surface area contributed by atoms with Crippen LogP contribution in [0.25, 0.3) is 0 Å². The summed E-state index contributed by atoms with van der Waals surface area (Å²) in [5.41, 5.74) is 0. The first kappa shape index (κ1) is 18.6. The van der Waals surface area contributed by atoms with Crippen molar-refractivity contribution in [2.75, 3.05) is 13.7 Å². The van der Waals surface area contributed by atoms with E-state index in [1.165, 1.54) is 7.11 Å². The van der Waals surface area contributed by atoms with E-state index in [1.807, 2.05) is 12.2 Å². The molecule has 0 N–H and O–H groups in total. The van der Waals surface area contributed by atoms with Crippen LogP contribution in [0.1, 0.15) is 20.8 Å². The molecule has 0 aliphatic carbocycles. The molecule has 0 radical (unpaired) electrons. The topological polar surface area (TPSA) is 48.1 Å². The third-order valence-corrected chi connectivity index (χ3v) is 9.01. The highest BCUT2D eigenvalue weighted by molar-refractivity contribution is 9.12. The highest BCUT2D eigenvalue weighted by atomic mass is 79.9. The van der Waals surface area contributed by atoms with Gasteiger partial charge in [0.05, 0.1) is 13.7 Å². The Labute approximate surface area is 136 Å². The van der Waals surface area contributed by atoms with Gasteiger partial charge in [-0.2, -0.15) is 0 Å². The van der Waals surface area contributed by atoms with E-state index >= 15 is 0 Å². The Morgan fingerprint density at radius 1 is 1.33 bits per heavy atom. The average Bonchev–Trinajstić information content (AvgIpc) is 3.10. The minimum atomic E-state index is -1.69. The smallest absolute Gasteiger partial charge is 0.344 e. The maximum absolute atomic E-state index is 11.2. The van der Waals surface area contributed by atoms with Crippen LogP contribution in [0, 0.1) is 0 Å². The largest absolute Gasteiger partial charge is 0.465 e. The zero-order valence-corrected chi connectivity index (χ0v) is 16.2. The summed E-state index contributed by atoms with van der Waals surface area (Å²) in [7, 11) is -0.344. The van der Waals surface area contributed by atoms with Gasteiger partial charge in [-0.3, -0.25) is 0 Å². The van der Waals surface area contributed by atoms with Crippen LogP contribution in [0.5, 0.6) is 0 Å². The van der Waals surface area contributed by atoms with Gasteiger partial charge in [0.15, 0.2) is 8.32 Å². The Morgan fingerprint density at radius 3 is 2.48 bits per heavy atom. The predicted molar refractivity (Wildman–Crippen MR) is 90.0 cm³/mol. The first-order valence-electron chi connectivity index (χ1n) is 7.00. The van der Waals surface area contributed by atoms with E-state index in [0.29, 0.717) is 11.1 Å². The van der Waals surface area contributed by atoms with Crippen molar-refractivity contribution in [1.29, 1.82) is 0 Å². The molecule has 1 fully saturated rings. The van der Waals surface area contributed by atoms with E-state index in [0.717, 1.165) is 0 Å². The van der Waals surface area contributed by atoms with Crippen molar-refractivity contribution < 1.29 is 18.7 Å². The third kappa shape index (κ3) is 5.69. The number of hydrogen-bond donors (Lipinski definition) is 0. The maximum Gasteiger partial charge on any atom is 0.344 e. The summed E-state index contributed by atoms with van der Waals surface area (Å²) < 4.78 is 16.5. The molecule has 21 heavy (non-hydrogen) atoms. The summed E-state index contributed by atoms with van der Waals surface area (Å²) in [5, 5.41) is 0.216. The van der Waals surface area contributed by atoms with Crippen LogP contribution in [-0.2, 0) is 18.7 Å². The summed E-state index contributed by atoms with van der Waals surface area (Å²) in [5.74, 6) is -0.394. The fourth-order valence-electron chi connectivity index (χ4n) is 1.40. The molecule has 0 saturated carbocycles. The van der Waals surface area contributed by atoms with Crippen molar-refractivity contribution in [3.8, 4) is 0 Å². The Bertz CT molecular complexity index is 437. The molecule has 1 aliphatic rings. The molecule has 1 heterocycles. The second-order valence-electron chi connectivity index (χ2n) is 6.57. The number of carbonyl (C=O) groups is 1. The SMILES string of the molecule is COC(=O)/C(Br)=C\[C@@H]1O[C@H]1/C=C/CO[Si](C)(C)C(C)(C)C. The second kappa shape index (κ2) is 7.22. The molecule has 0 aromatic rings. The normalized spacial score (nSPS) is 23.5. The molecule has 1 saturated heterocycles. The summed E-state index contributed by atoms with van der Waals surface area (Å²) >= 11 is 3.16. The Kier molecular flexibility index (Phi) is 6.40. The lowest BCUT2D eigenvalue weighted by Gasteiger charge is -2.35. The van der Waals surface area contributed by atoms with Crippen LogP contribution >= 0.6 is 15.9 Å². The molecule has 2 atom stereocenters. The molecule has 0 aromatic carbocycles. The molecule has 4 nitrogen and oxygen atoms in total. The summed E-state index contributed by atoms with van der Waals surface area (Å²) in [6.45, 7) is 11.7. The van der Waals surface area contributed by atoms with E-state index in [1.54, 1.807) is 6.08 Å². The second-order valence-corrected chi connectivity index (χ2v) is 12.2. The molecule has 6 heteroatoms. The average molecular weight is 377 g/mol. The Morgan fingerprint density at radius 2 is 1.95 bits per heavy atom. The van der Waals surface area contributed by atoms with Gasteiger partial charge in [0, 0.05) is 0 Å². The van der Waals surface area contributed by atoms with Crippen molar-refractivity contribution in [1.82, 2.24) is 0 Å². The van der Waals surface area contributed by atoms with E-state index in [2.05, 4.69) is 54.5 Å². The summed E-state index contributed by atoms with van der Waals surface area (Å²) in [4.78, 5) is 11.2. The van der Waals surface area contributed by atoms with Crippen LogP contribution in [-0.4, -0.2) is 40.2 Å². The zero-order chi connectivity index (χ0) is 16.3. The van der Waals surface area contributed by atoms with Crippen LogP contribution in [0.15, 0.2) is 22.7 Å². The predicted octanol–water partition coefficient (Wildman–Crippen LogP) is 3.78. The number of carbonyl (C=O) groups excluding carboxylic acids is 1. The third-order valence-electron chi connectivity index (χ3n) is 3.92. The Hall–Kier alpha value is -0.433. The van der Waals surface area contributed by atoms with Gasteiger partial charge in [0.25, 0.3) is 0 Å². The monoisotopic (exact) mass is 376 g/mol. The van der Waals surface area contributed by atoms with Crippen molar-refractivity contribution in [3.63, 3.8) is 0 Å². The fraction of sp³-hybridized carbons (Fsp3) is 0.667. The van der Waals surface area contributed by atoms with Crippen molar-refractivity contribution in [2.24, 2.45) is 0 Å². The van der Waals surface area contributed by atoms with E-state index < -0.39 is 14.3 Å². The molecule has 1 aliphatic heterocycles. The molecule has 0 unspecified atom stereocenters. The summed E-state index contributed by atoms with van der Waals surface area (Å²) in [6.07, 6.45) is 5.64. The summed E-state index contributed by atoms with van der Waals surface area (Å²) in [6, 6.07) is 0. The standard InChI is InChI=1S/C15H25BrO4Si/c1-15(2,3)21(5,6)19-9-7-8-12-13(20-12)10-11(16)14(17)18-4/h7-8,10,12-13H,9H2,1-6H3/b8-7+,11-10+/t12-,13-/m0/s1. The number of epoxide rings is 1. The molecule has 0 amide bonds. The first-order chi connectivity index (χ1) is 9.58. The van der Waals surface area contributed by atoms with E-state index in [4.69, 9.17) is 9.16 Å². The Balaban J connectivity index is 2.37. The van der Waals surface area contributed by atoms with Crippen molar-refractivity contribution >= 4 is 30.2 Å².